The molecular formula is C17H23BrN2S. The zero-order valence-electron chi connectivity index (χ0n) is 13.2. The number of nitrogens with one attached hydrogen (secondary N) is 1. The lowest BCUT2D eigenvalue weighted by atomic mass is 10.0. The molecular weight excluding hydrogens is 344 g/mol. The summed E-state index contributed by atoms with van der Waals surface area (Å²) in [5.74, 6) is 0. The molecule has 0 fully saturated rings. The Morgan fingerprint density at radius 2 is 2.00 bits per heavy atom. The molecule has 0 saturated heterocycles. The molecule has 1 N–H and O–H groups in total. The van der Waals surface area contributed by atoms with Gasteiger partial charge in [0.15, 0.2) is 0 Å². The van der Waals surface area contributed by atoms with Gasteiger partial charge < -0.3 is 5.32 Å². The molecule has 2 nitrogen and oxygen atoms in total. The number of thiazole rings is 1. The molecule has 1 atom stereocenters. The molecule has 21 heavy (non-hydrogen) atoms. The summed E-state index contributed by atoms with van der Waals surface area (Å²) < 4.78 is 1.15. The summed E-state index contributed by atoms with van der Waals surface area (Å²) in [5, 5.41) is 4.88. The maximum atomic E-state index is 4.70. The molecule has 0 aliphatic carbocycles. The Bertz CT molecular complexity index is 567. The molecule has 1 aromatic heterocycles. The van der Waals surface area contributed by atoms with Gasteiger partial charge in [-0.3, -0.25) is 0 Å². The van der Waals surface area contributed by atoms with Crippen molar-refractivity contribution < 1.29 is 0 Å². The van der Waals surface area contributed by atoms with Crippen molar-refractivity contribution in [2.45, 2.75) is 46.6 Å². The molecule has 1 aromatic carbocycles. The van der Waals surface area contributed by atoms with Crippen molar-refractivity contribution in [2.24, 2.45) is 0 Å². The number of aryl methyl sites for hydroxylation is 3. The SMILES string of the molecule is CCCNC(Cc1nc(C)c(C)s1)c1cc(C)cc(Br)c1. The second-order valence-corrected chi connectivity index (χ2v) is 7.73. The number of hydrogen-bond donors (Lipinski definition) is 1. The zero-order valence-corrected chi connectivity index (χ0v) is 15.6. The van der Waals surface area contributed by atoms with Crippen molar-refractivity contribution in [1.82, 2.24) is 10.3 Å². The van der Waals surface area contributed by atoms with E-state index < -0.39 is 0 Å². The van der Waals surface area contributed by atoms with Crippen LogP contribution in [0.1, 0.15) is 46.1 Å². The summed E-state index contributed by atoms with van der Waals surface area (Å²) in [6.45, 7) is 9.61. The second kappa shape index (κ2) is 7.52. The van der Waals surface area contributed by atoms with E-state index in [0.29, 0.717) is 6.04 Å². The molecule has 1 unspecified atom stereocenters. The van der Waals surface area contributed by atoms with E-state index in [4.69, 9.17) is 4.98 Å². The first kappa shape index (κ1) is 16.7. The van der Waals surface area contributed by atoms with Crippen LogP contribution in [-0.2, 0) is 6.42 Å². The topological polar surface area (TPSA) is 24.9 Å². The first-order valence-electron chi connectivity index (χ1n) is 7.43. The Labute approximate surface area is 140 Å². The maximum absolute atomic E-state index is 4.70. The van der Waals surface area contributed by atoms with Crippen molar-refractivity contribution in [2.75, 3.05) is 6.54 Å². The molecule has 0 aliphatic rings. The third kappa shape index (κ3) is 4.63. The third-order valence-corrected chi connectivity index (χ3v) is 5.11. The predicted molar refractivity (Wildman–Crippen MR) is 95.2 cm³/mol. The predicted octanol–water partition coefficient (Wildman–Crippen LogP) is 5.11. The van der Waals surface area contributed by atoms with Gasteiger partial charge in [0.1, 0.15) is 0 Å². The van der Waals surface area contributed by atoms with Gasteiger partial charge >= 0.3 is 0 Å². The van der Waals surface area contributed by atoms with Crippen molar-refractivity contribution in [3.05, 3.63) is 49.4 Å². The van der Waals surface area contributed by atoms with Crippen LogP contribution in [0.25, 0.3) is 0 Å². The highest BCUT2D eigenvalue weighted by Gasteiger charge is 2.15. The number of halogens is 1. The molecule has 0 saturated carbocycles. The van der Waals surface area contributed by atoms with Crippen molar-refractivity contribution in [1.29, 1.82) is 0 Å². The molecule has 1 heterocycles. The van der Waals surface area contributed by atoms with E-state index in [9.17, 15) is 0 Å². The quantitative estimate of drug-likeness (QED) is 0.767. The van der Waals surface area contributed by atoms with E-state index >= 15 is 0 Å². The number of hydrogen-bond acceptors (Lipinski definition) is 3. The average Bonchev–Trinajstić information content (AvgIpc) is 2.72. The Hall–Kier alpha value is -0.710. The summed E-state index contributed by atoms with van der Waals surface area (Å²) in [6, 6.07) is 6.96. The molecule has 2 aromatic rings. The van der Waals surface area contributed by atoms with Crippen LogP contribution < -0.4 is 5.32 Å². The normalized spacial score (nSPS) is 12.6. The molecule has 0 bridgehead atoms. The summed E-state index contributed by atoms with van der Waals surface area (Å²) in [4.78, 5) is 6.02. The van der Waals surface area contributed by atoms with Gasteiger partial charge in [-0.2, -0.15) is 0 Å². The van der Waals surface area contributed by atoms with Crippen molar-refractivity contribution in [3.8, 4) is 0 Å². The molecule has 4 heteroatoms. The minimum atomic E-state index is 0.325. The molecule has 0 amide bonds. The smallest absolute Gasteiger partial charge is 0.0949 e. The zero-order chi connectivity index (χ0) is 15.4. The molecule has 0 aliphatic heterocycles. The van der Waals surface area contributed by atoms with E-state index in [1.165, 1.54) is 21.0 Å². The lowest BCUT2D eigenvalue weighted by molar-refractivity contribution is 0.527. The monoisotopic (exact) mass is 366 g/mol. The van der Waals surface area contributed by atoms with Gasteiger partial charge in [-0.1, -0.05) is 28.9 Å². The summed E-state index contributed by atoms with van der Waals surface area (Å²) in [5.41, 5.74) is 3.78. The first-order chi connectivity index (χ1) is 9.99. The Morgan fingerprint density at radius 1 is 1.24 bits per heavy atom. The highest BCUT2D eigenvalue weighted by Crippen LogP contribution is 2.26. The van der Waals surface area contributed by atoms with Crippen LogP contribution >= 0.6 is 27.3 Å². The van der Waals surface area contributed by atoms with Gasteiger partial charge in [-0.25, -0.2) is 4.98 Å². The fourth-order valence-electron chi connectivity index (χ4n) is 2.39. The number of benzene rings is 1. The summed E-state index contributed by atoms with van der Waals surface area (Å²) >= 11 is 5.43. The fraction of sp³-hybridized carbons (Fsp3) is 0.471. The molecule has 0 radical (unpaired) electrons. The van der Waals surface area contributed by atoms with Crippen LogP contribution in [0.2, 0.25) is 0 Å². The lowest BCUT2D eigenvalue weighted by Crippen LogP contribution is -2.24. The molecule has 2 rings (SSSR count). The van der Waals surface area contributed by atoms with E-state index in [-0.39, 0.29) is 0 Å². The first-order valence-corrected chi connectivity index (χ1v) is 9.04. The van der Waals surface area contributed by atoms with Crippen LogP contribution in [0.4, 0.5) is 0 Å². The van der Waals surface area contributed by atoms with Gasteiger partial charge in [-0.05, 0) is 57.0 Å². The fourth-order valence-corrected chi connectivity index (χ4v) is 4.00. The van der Waals surface area contributed by atoms with Crippen LogP contribution in [0.3, 0.4) is 0 Å². The third-order valence-electron chi connectivity index (χ3n) is 3.56. The van der Waals surface area contributed by atoms with Crippen molar-refractivity contribution >= 4 is 27.3 Å². The number of rotatable bonds is 6. The number of nitrogens with zero attached hydrogens (tertiary/aromatic N) is 1. The van der Waals surface area contributed by atoms with E-state index in [1.807, 2.05) is 11.3 Å². The second-order valence-electron chi connectivity index (χ2n) is 5.52. The Morgan fingerprint density at radius 3 is 2.57 bits per heavy atom. The van der Waals surface area contributed by atoms with Gasteiger partial charge in [-0.15, -0.1) is 11.3 Å². The Balaban J connectivity index is 2.24. The Kier molecular flexibility index (Phi) is 5.97. The van der Waals surface area contributed by atoms with Crippen molar-refractivity contribution in [3.63, 3.8) is 0 Å². The highest BCUT2D eigenvalue weighted by atomic mass is 79.9. The largest absolute Gasteiger partial charge is 0.310 e. The van der Waals surface area contributed by atoms with E-state index in [1.54, 1.807) is 0 Å². The standard InChI is InChI=1S/C17H23BrN2S/c1-5-6-19-16(10-17-20-12(3)13(4)21-17)14-7-11(2)8-15(18)9-14/h7-9,16,19H,5-6,10H2,1-4H3. The molecule has 114 valence electrons. The lowest BCUT2D eigenvalue weighted by Gasteiger charge is -2.19. The minimum absolute atomic E-state index is 0.325. The van der Waals surface area contributed by atoms with Gasteiger partial charge in [0, 0.05) is 21.8 Å². The molecule has 0 spiro atoms. The number of aromatic nitrogens is 1. The average molecular weight is 367 g/mol. The van der Waals surface area contributed by atoms with Crippen LogP contribution in [0.15, 0.2) is 22.7 Å². The van der Waals surface area contributed by atoms with E-state index in [2.05, 4.69) is 67.1 Å². The maximum Gasteiger partial charge on any atom is 0.0949 e. The summed E-state index contributed by atoms with van der Waals surface area (Å²) in [6.07, 6.45) is 2.09. The van der Waals surface area contributed by atoms with E-state index in [0.717, 1.165) is 29.6 Å². The van der Waals surface area contributed by atoms with Gasteiger partial charge in [0.05, 0.1) is 10.7 Å². The van der Waals surface area contributed by atoms with Crippen LogP contribution in [-0.4, -0.2) is 11.5 Å². The minimum Gasteiger partial charge on any atom is -0.310 e. The van der Waals surface area contributed by atoms with Crippen LogP contribution in [0.5, 0.6) is 0 Å². The van der Waals surface area contributed by atoms with Gasteiger partial charge in [0.2, 0.25) is 0 Å². The highest BCUT2D eigenvalue weighted by molar-refractivity contribution is 9.10. The summed E-state index contributed by atoms with van der Waals surface area (Å²) in [7, 11) is 0. The van der Waals surface area contributed by atoms with Gasteiger partial charge in [0.25, 0.3) is 0 Å². The van der Waals surface area contributed by atoms with Crippen LogP contribution in [0, 0.1) is 20.8 Å².